The van der Waals surface area contributed by atoms with Gasteiger partial charge < -0.3 is 10.8 Å². The summed E-state index contributed by atoms with van der Waals surface area (Å²) in [6, 6.07) is 0. The van der Waals surface area contributed by atoms with E-state index in [1.165, 1.54) is 38.5 Å². The van der Waals surface area contributed by atoms with Gasteiger partial charge in [-0.2, -0.15) is 0 Å². The van der Waals surface area contributed by atoms with Crippen LogP contribution in [0.2, 0.25) is 0 Å². The molecule has 3 N–H and O–H groups in total. The lowest BCUT2D eigenvalue weighted by atomic mass is 9.87. The zero-order chi connectivity index (χ0) is 12.0. The SMILES string of the molecule is CCN(CC(C)O)C1(CN)CCCCCC1. The van der Waals surface area contributed by atoms with Crippen molar-refractivity contribution in [3.63, 3.8) is 0 Å². The minimum Gasteiger partial charge on any atom is -0.392 e. The van der Waals surface area contributed by atoms with E-state index in [-0.39, 0.29) is 11.6 Å². The average molecular weight is 228 g/mol. The molecule has 1 atom stereocenters. The number of hydrogen-bond acceptors (Lipinski definition) is 3. The van der Waals surface area contributed by atoms with Crippen molar-refractivity contribution in [2.75, 3.05) is 19.6 Å². The highest BCUT2D eigenvalue weighted by molar-refractivity contribution is 4.93. The second-order valence-electron chi connectivity index (χ2n) is 5.23. The van der Waals surface area contributed by atoms with Gasteiger partial charge in [0.2, 0.25) is 0 Å². The lowest BCUT2D eigenvalue weighted by Crippen LogP contribution is -2.55. The molecule has 0 aromatic carbocycles. The van der Waals surface area contributed by atoms with Crippen LogP contribution in [0.4, 0.5) is 0 Å². The smallest absolute Gasteiger partial charge is 0.0639 e. The lowest BCUT2D eigenvalue weighted by molar-refractivity contribution is 0.0371. The molecule has 96 valence electrons. The Morgan fingerprint density at radius 1 is 1.25 bits per heavy atom. The molecule has 0 aliphatic heterocycles. The first-order valence-electron chi connectivity index (χ1n) is 6.78. The molecule has 0 aromatic heterocycles. The Morgan fingerprint density at radius 2 is 1.81 bits per heavy atom. The van der Waals surface area contributed by atoms with Crippen LogP contribution in [0.3, 0.4) is 0 Å². The maximum Gasteiger partial charge on any atom is 0.0639 e. The topological polar surface area (TPSA) is 49.5 Å². The van der Waals surface area contributed by atoms with Crippen LogP contribution in [-0.2, 0) is 0 Å². The standard InChI is InChI=1S/C13H28N2O/c1-3-15(10-12(2)16)13(11-14)8-6-4-5-7-9-13/h12,16H,3-11,14H2,1-2H3. The van der Waals surface area contributed by atoms with Gasteiger partial charge in [-0.05, 0) is 26.3 Å². The Bertz CT molecular complexity index is 186. The highest BCUT2D eigenvalue weighted by atomic mass is 16.3. The summed E-state index contributed by atoms with van der Waals surface area (Å²) in [6.07, 6.45) is 7.39. The molecular weight excluding hydrogens is 200 g/mol. The van der Waals surface area contributed by atoms with Crippen LogP contribution < -0.4 is 5.73 Å². The molecule has 1 rings (SSSR count). The zero-order valence-electron chi connectivity index (χ0n) is 10.9. The number of likely N-dealkylation sites (N-methyl/N-ethyl adjacent to an activating group) is 1. The number of β-amino-alcohol motifs (C(OH)–C–C–N with tert-alkyl or cyclic N) is 1. The van der Waals surface area contributed by atoms with Gasteiger partial charge >= 0.3 is 0 Å². The fraction of sp³-hybridized carbons (Fsp3) is 1.00. The first-order valence-corrected chi connectivity index (χ1v) is 6.78. The van der Waals surface area contributed by atoms with E-state index < -0.39 is 0 Å². The highest BCUT2D eigenvalue weighted by Gasteiger charge is 2.35. The molecule has 1 saturated carbocycles. The molecule has 0 aromatic rings. The summed E-state index contributed by atoms with van der Waals surface area (Å²) >= 11 is 0. The van der Waals surface area contributed by atoms with Crippen LogP contribution in [-0.4, -0.2) is 41.3 Å². The Hall–Kier alpha value is -0.120. The molecule has 1 fully saturated rings. The summed E-state index contributed by atoms with van der Waals surface area (Å²) in [4.78, 5) is 2.41. The number of rotatable bonds is 5. The fourth-order valence-corrected chi connectivity index (χ4v) is 3.01. The molecule has 3 nitrogen and oxygen atoms in total. The number of nitrogens with zero attached hydrogens (tertiary/aromatic N) is 1. The van der Waals surface area contributed by atoms with Gasteiger partial charge in [0.15, 0.2) is 0 Å². The maximum absolute atomic E-state index is 9.58. The van der Waals surface area contributed by atoms with E-state index in [1.54, 1.807) is 0 Å². The van der Waals surface area contributed by atoms with Crippen molar-refractivity contribution in [2.45, 2.75) is 64.0 Å². The second kappa shape index (κ2) is 6.58. The monoisotopic (exact) mass is 228 g/mol. The van der Waals surface area contributed by atoms with E-state index in [4.69, 9.17) is 5.73 Å². The van der Waals surface area contributed by atoms with Gasteiger partial charge in [0.25, 0.3) is 0 Å². The third-order valence-electron chi connectivity index (χ3n) is 3.95. The van der Waals surface area contributed by atoms with Crippen molar-refractivity contribution >= 4 is 0 Å². The van der Waals surface area contributed by atoms with E-state index in [1.807, 2.05) is 6.92 Å². The Labute approximate surface area is 100 Å². The van der Waals surface area contributed by atoms with Gasteiger partial charge in [0, 0.05) is 18.6 Å². The Morgan fingerprint density at radius 3 is 2.19 bits per heavy atom. The number of aliphatic hydroxyl groups is 1. The van der Waals surface area contributed by atoms with Crippen molar-refractivity contribution in [1.29, 1.82) is 0 Å². The molecule has 0 heterocycles. The van der Waals surface area contributed by atoms with E-state index in [0.717, 1.165) is 19.6 Å². The predicted molar refractivity (Wildman–Crippen MR) is 68.4 cm³/mol. The lowest BCUT2D eigenvalue weighted by Gasteiger charge is -2.43. The van der Waals surface area contributed by atoms with Gasteiger partial charge in [0.05, 0.1) is 6.10 Å². The predicted octanol–water partition coefficient (Wildman–Crippen LogP) is 1.74. The number of aliphatic hydroxyl groups excluding tert-OH is 1. The first kappa shape index (κ1) is 13.9. The van der Waals surface area contributed by atoms with Crippen molar-refractivity contribution in [3.8, 4) is 0 Å². The number of hydrogen-bond donors (Lipinski definition) is 2. The van der Waals surface area contributed by atoms with Crippen molar-refractivity contribution in [2.24, 2.45) is 5.73 Å². The first-order chi connectivity index (χ1) is 7.64. The molecule has 3 heteroatoms. The van der Waals surface area contributed by atoms with Crippen LogP contribution in [0.1, 0.15) is 52.4 Å². The van der Waals surface area contributed by atoms with Gasteiger partial charge in [0.1, 0.15) is 0 Å². The number of nitrogens with two attached hydrogens (primary N) is 1. The second-order valence-corrected chi connectivity index (χ2v) is 5.23. The normalized spacial score (nSPS) is 23.1. The molecular formula is C13H28N2O. The molecule has 0 spiro atoms. The minimum atomic E-state index is -0.258. The van der Waals surface area contributed by atoms with Crippen LogP contribution in [0.5, 0.6) is 0 Å². The van der Waals surface area contributed by atoms with Gasteiger partial charge in [-0.15, -0.1) is 0 Å². The van der Waals surface area contributed by atoms with Crippen molar-refractivity contribution in [3.05, 3.63) is 0 Å². The van der Waals surface area contributed by atoms with E-state index in [2.05, 4.69) is 11.8 Å². The molecule has 0 saturated heterocycles. The summed E-state index contributed by atoms with van der Waals surface area (Å²) < 4.78 is 0. The summed E-state index contributed by atoms with van der Waals surface area (Å²) in [7, 11) is 0. The molecule has 1 unspecified atom stereocenters. The molecule has 16 heavy (non-hydrogen) atoms. The summed E-state index contributed by atoms with van der Waals surface area (Å²) in [5.41, 5.74) is 6.19. The zero-order valence-corrected chi connectivity index (χ0v) is 10.9. The minimum absolute atomic E-state index is 0.155. The molecule has 1 aliphatic rings. The molecule has 1 aliphatic carbocycles. The van der Waals surface area contributed by atoms with Gasteiger partial charge in [-0.3, -0.25) is 4.90 Å². The average Bonchev–Trinajstić information content (AvgIpc) is 2.51. The largest absolute Gasteiger partial charge is 0.392 e. The van der Waals surface area contributed by atoms with Crippen LogP contribution >= 0.6 is 0 Å². The van der Waals surface area contributed by atoms with Crippen molar-refractivity contribution < 1.29 is 5.11 Å². The van der Waals surface area contributed by atoms with E-state index in [0.29, 0.717) is 0 Å². The molecule has 0 radical (unpaired) electrons. The summed E-state index contributed by atoms with van der Waals surface area (Å²) in [5, 5.41) is 9.58. The van der Waals surface area contributed by atoms with E-state index in [9.17, 15) is 5.11 Å². The maximum atomic E-state index is 9.58. The summed E-state index contributed by atoms with van der Waals surface area (Å²) in [6.45, 7) is 6.51. The quantitative estimate of drug-likeness (QED) is 0.705. The van der Waals surface area contributed by atoms with Crippen molar-refractivity contribution in [1.82, 2.24) is 4.90 Å². The van der Waals surface area contributed by atoms with E-state index >= 15 is 0 Å². The van der Waals surface area contributed by atoms with Crippen LogP contribution in [0.15, 0.2) is 0 Å². The molecule has 0 bridgehead atoms. The Balaban J connectivity index is 2.72. The van der Waals surface area contributed by atoms with Crippen LogP contribution in [0.25, 0.3) is 0 Å². The Kier molecular flexibility index (Phi) is 5.73. The fourth-order valence-electron chi connectivity index (χ4n) is 3.01. The van der Waals surface area contributed by atoms with Crippen LogP contribution in [0, 0.1) is 0 Å². The summed E-state index contributed by atoms with van der Waals surface area (Å²) in [5.74, 6) is 0. The van der Waals surface area contributed by atoms with Gasteiger partial charge in [-0.25, -0.2) is 0 Å². The molecule has 0 amide bonds. The third kappa shape index (κ3) is 3.44. The highest BCUT2D eigenvalue weighted by Crippen LogP contribution is 2.31. The third-order valence-corrected chi connectivity index (χ3v) is 3.95. The van der Waals surface area contributed by atoms with Gasteiger partial charge in [-0.1, -0.05) is 32.6 Å².